The monoisotopic (exact) mass is 361 g/mol. The van der Waals surface area contributed by atoms with Gasteiger partial charge in [-0.1, -0.05) is 43.0 Å². The third-order valence-corrected chi connectivity index (χ3v) is 4.84. The van der Waals surface area contributed by atoms with Gasteiger partial charge in [-0.15, -0.1) is 0 Å². The first-order valence-electron chi connectivity index (χ1n) is 9.52. The Balaban J connectivity index is 1.58. The quantitative estimate of drug-likeness (QED) is 0.572. The molecule has 0 amide bonds. The summed E-state index contributed by atoms with van der Waals surface area (Å²) in [6.45, 7) is 8.43. The fourth-order valence-electron chi connectivity index (χ4n) is 3.65. The first-order chi connectivity index (χ1) is 13.1. The number of nitrogens with zero attached hydrogens (tertiary/aromatic N) is 2. The highest BCUT2D eigenvalue weighted by Crippen LogP contribution is 2.33. The Morgan fingerprint density at radius 2 is 2.11 bits per heavy atom. The zero-order valence-corrected chi connectivity index (χ0v) is 15.9. The van der Waals surface area contributed by atoms with Gasteiger partial charge < -0.3 is 15.4 Å². The summed E-state index contributed by atoms with van der Waals surface area (Å²) in [6, 6.07) is 16.6. The van der Waals surface area contributed by atoms with Crippen LogP contribution in [0.1, 0.15) is 35.6 Å². The molecule has 0 aliphatic carbocycles. The minimum Gasteiger partial charge on any atom is -0.494 e. The minimum atomic E-state index is 0.0990. The topological polar surface area (TPSA) is 62.3 Å². The minimum absolute atomic E-state index is 0.0990. The second-order valence-electron chi connectivity index (χ2n) is 7.17. The lowest BCUT2D eigenvalue weighted by Gasteiger charge is -2.21. The molecule has 0 aromatic heterocycles. The summed E-state index contributed by atoms with van der Waals surface area (Å²) in [5.74, 6) is 0.704. The molecule has 1 heterocycles. The van der Waals surface area contributed by atoms with E-state index in [1.165, 1.54) is 5.56 Å². The molecule has 2 N–H and O–H groups in total. The normalized spacial score (nSPS) is 13.7. The van der Waals surface area contributed by atoms with E-state index >= 15 is 0 Å². The van der Waals surface area contributed by atoms with E-state index in [1.807, 2.05) is 43.3 Å². The summed E-state index contributed by atoms with van der Waals surface area (Å²) in [4.78, 5) is 2.30. The van der Waals surface area contributed by atoms with E-state index in [-0.39, 0.29) is 6.04 Å². The molecule has 0 saturated carbocycles. The number of ether oxygens (including phenoxy) is 1. The van der Waals surface area contributed by atoms with Gasteiger partial charge in [0.2, 0.25) is 0 Å². The highest BCUT2D eigenvalue weighted by Gasteiger charge is 2.23. The number of hydrogen-bond acceptors (Lipinski definition) is 4. The van der Waals surface area contributed by atoms with Gasteiger partial charge >= 0.3 is 0 Å². The molecule has 2 aromatic rings. The number of rotatable bonds is 8. The van der Waals surface area contributed by atoms with E-state index < -0.39 is 0 Å². The van der Waals surface area contributed by atoms with Gasteiger partial charge in [0.1, 0.15) is 11.8 Å². The number of hydrogen-bond donors (Lipinski definition) is 1. The molecule has 3 rings (SSSR count). The maximum absolute atomic E-state index is 9.60. The van der Waals surface area contributed by atoms with E-state index in [0.29, 0.717) is 12.4 Å². The molecule has 4 heteroatoms. The largest absolute Gasteiger partial charge is 0.494 e. The van der Waals surface area contributed by atoms with E-state index in [0.717, 1.165) is 54.7 Å². The van der Waals surface area contributed by atoms with E-state index in [2.05, 4.69) is 23.6 Å². The molecular weight excluding hydrogens is 334 g/mol. The molecule has 4 nitrogen and oxygen atoms in total. The van der Waals surface area contributed by atoms with Crippen LogP contribution in [0.3, 0.4) is 0 Å². The summed E-state index contributed by atoms with van der Waals surface area (Å²) >= 11 is 0. The van der Waals surface area contributed by atoms with Crippen molar-refractivity contribution in [3.05, 3.63) is 71.3 Å². The maximum atomic E-state index is 9.60. The van der Waals surface area contributed by atoms with Gasteiger partial charge in [0, 0.05) is 24.7 Å². The van der Waals surface area contributed by atoms with Crippen molar-refractivity contribution >= 4 is 11.4 Å². The Bertz CT molecular complexity index is 837. The fraction of sp³-hybridized carbons (Fsp3) is 0.348. The van der Waals surface area contributed by atoms with Gasteiger partial charge in [0.15, 0.2) is 0 Å². The van der Waals surface area contributed by atoms with Crippen molar-refractivity contribution < 1.29 is 4.74 Å². The molecule has 1 unspecified atom stereocenters. The third kappa shape index (κ3) is 4.69. The van der Waals surface area contributed by atoms with E-state index in [9.17, 15) is 5.26 Å². The number of fused-ring (bicyclic) bond motifs is 1. The number of nitrogens with two attached hydrogens (primary N) is 1. The second-order valence-corrected chi connectivity index (χ2v) is 7.17. The van der Waals surface area contributed by atoms with Crippen LogP contribution < -0.4 is 10.6 Å². The van der Waals surface area contributed by atoms with Crippen molar-refractivity contribution in [2.45, 2.75) is 32.2 Å². The molecule has 1 aliphatic heterocycles. The Labute approximate surface area is 161 Å². The van der Waals surface area contributed by atoms with Gasteiger partial charge in [0.25, 0.3) is 0 Å². The molecule has 2 aromatic carbocycles. The summed E-state index contributed by atoms with van der Waals surface area (Å²) in [5.41, 5.74) is 11.2. The van der Waals surface area contributed by atoms with Gasteiger partial charge in [0.05, 0.1) is 17.9 Å². The molecule has 27 heavy (non-hydrogen) atoms. The van der Waals surface area contributed by atoms with Crippen LogP contribution in [0.5, 0.6) is 0 Å². The second kappa shape index (κ2) is 8.75. The van der Waals surface area contributed by atoms with Crippen LogP contribution >= 0.6 is 0 Å². The Hall–Kier alpha value is -2.77. The highest BCUT2D eigenvalue weighted by molar-refractivity contribution is 5.68. The van der Waals surface area contributed by atoms with Crippen LogP contribution in [-0.2, 0) is 17.6 Å². The molecule has 0 fully saturated rings. The third-order valence-electron chi connectivity index (χ3n) is 4.84. The van der Waals surface area contributed by atoms with Crippen LogP contribution in [0.25, 0.3) is 5.76 Å². The van der Waals surface area contributed by atoms with Crippen molar-refractivity contribution in [2.75, 3.05) is 24.6 Å². The SMILES string of the molecule is C=C(OCCCN1CCc2cc(CC(C)N)cc(C#N)c21)c1ccccc1. The van der Waals surface area contributed by atoms with E-state index in [4.69, 9.17) is 10.5 Å². The average molecular weight is 361 g/mol. The Morgan fingerprint density at radius 3 is 2.81 bits per heavy atom. The smallest absolute Gasteiger partial charge is 0.119 e. The predicted octanol–water partition coefficient (Wildman–Crippen LogP) is 3.89. The van der Waals surface area contributed by atoms with Crippen LogP contribution in [0.4, 0.5) is 5.69 Å². The summed E-state index contributed by atoms with van der Waals surface area (Å²) < 4.78 is 5.80. The van der Waals surface area contributed by atoms with Crippen molar-refractivity contribution in [1.29, 1.82) is 5.26 Å². The summed E-state index contributed by atoms with van der Waals surface area (Å²) in [5, 5.41) is 9.60. The lowest BCUT2D eigenvalue weighted by Crippen LogP contribution is -2.23. The van der Waals surface area contributed by atoms with Crippen molar-refractivity contribution in [2.24, 2.45) is 5.73 Å². The van der Waals surface area contributed by atoms with Crippen LogP contribution in [0.15, 0.2) is 49.0 Å². The molecule has 1 aliphatic rings. The average Bonchev–Trinajstić information content (AvgIpc) is 3.07. The van der Waals surface area contributed by atoms with Crippen LogP contribution in [0.2, 0.25) is 0 Å². The molecular formula is C23H27N3O. The molecule has 0 spiro atoms. The van der Waals surface area contributed by atoms with Crippen molar-refractivity contribution in [3.63, 3.8) is 0 Å². The number of nitriles is 1. The highest BCUT2D eigenvalue weighted by atomic mass is 16.5. The molecule has 140 valence electrons. The van der Waals surface area contributed by atoms with E-state index in [1.54, 1.807) is 0 Å². The fourth-order valence-corrected chi connectivity index (χ4v) is 3.65. The van der Waals surface area contributed by atoms with Crippen LogP contribution in [-0.4, -0.2) is 25.7 Å². The first-order valence-corrected chi connectivity index (χ1v) is 9.52. The summed E-state index contributed by atoms with van der Waals surface area (Å²) in [7, 11) is 0. The van der Waals surface area contributed by atoms with Crippen molar-refractivity contribution in [3.8, 4) is 6.07 Å². The van der Waals surface area contributed by atoms with Crippen molar-refractivity contribution in [1.82, 2.24) is 0 Å². The lowest BCUT2D eigenvalue weighted by molar-refractivity contribution is 0.273. The van der Waals surface area contributed by atoms with Gasteiger partial charge in [-0.25, -0.2) is 0 Å². The first kappa shape index (κ1) is 19.0. The summed E-state index contributed by atoms with van der Waals surface area (Å²) in [6.07, 6.45) is 2.67. The van der Waals surface area contributed by atoms with Gasteiger partial charge in [-0.3, -0.25) is 0 Å². The van der Waals surface area contributed by atoms with Gasteiger partial charge in [-0.05, 0) is 43.4 Å². The lowest BCUT2D eigenvalue weighted by atomic mass is 9.99. The zero-order valence-electron chi connectivity index (χ0n) is 15.9. The number of anilines is 1. The molecule has 1 atom stereocenters. The Morgan fingerprint density at radius 1 is 1.33 bits per heavy atom. The molecule has 0 bridgehead atoms. The standard InChI is InChI=1S/C23H27N3O/c1-17(25)13-19-14-21-9-11-26(23(21)22(15-19)16-24)10-6-12-27-18(2)20-7-4-3-5-8-20/h3-5,7-8,14-15,17H,2,6,9-13,25H2,1H3. The molecule has 0 radical (unpaired) electrons. The predicted molar refractivity (Wildman–Crippen MR) is 110 cm³/mol. The van der Waals surface area contributed by atoms with Crippen LogP contribution in [0, 0.1) is 11.3 Å². The zero-order chi connectivity index (χ0) is 19.2. The molecule has 0 saturated heterocycles. The maximum Gasteiger partial charge on any atom is 0.119 e. The Kier molecular flexibility index (Phi) is 6.16. The van der Waals surface area contributed by atoms with Gasteiger partial charge in [-0.2, -0.15) is 5.26 Å². The number of benzene rings is 2.